The fourth-order valence-electron chi connectivity index (χ4n) is 1.73. The Morgan fingerprint density at radius 2 is 2.25 bits per heavy atom. The summed E-state index contributed by atoms with van der Waals surface area (Å²) in [5.41, 5.74) is 1.90. The lowest BCUT2D eigenvalue weighted by atomic mass is 10.2. The Hall–Kier alpha value is -2.25. The van der Waals surface area contributed by atoms with Crippen LogP contribution in [0.15, 0.2) is 36.5 Å². The highest BCUT2D eigenvalue weighted by molar-refractivity contribution is 5.39. The third-order valence-electron chi connectivity index (χ3n) is 2.67. The number of aromatic nitrogens is 2. The SMILES string of the molecule is Cc1ccn(CCOc2cccc(C#CCCO)c2)n1. The normalized spacial score (nSPS) is 9.90. The Kier molecular flexibility index (Phi) is 5.22. The second kappa shape index (κ2) is 7.37. The molecule has 1 aromatic heterocycles. The molecular formula is C16H18N2O2. The van der Waals surface area contributed by atoms with Crippen molar-refractivity contribution in [1.29, 1.82) is 0 Å². The number of hydrogen-bond acceptors (Lipinski definition) is 3. The molecule has 0 fully saturated rings. The van der Waals surface area contributed by atoms with Gasteiger partial charge in [0.25, 0.3) is 0 Å². The zero-order chi connectivity index (χ0) is 14.2. The van der Waals surface area contributed by atoms with Crippen molar-refractivity contribution in [3.63, 3.8) is 0 Å². The standard InChI is InChI=1S/C16H18N2O2/c1-14-8-9-18(17-14)10-12-20-16-7-4-6-15(13-16)5-2-3-11-19/h4,6-9,13,19H,3,10-12H2,1H3. The van der Waals surface area contributed by atoms with Crippen molar-refractivity contribution >= 4 is 0 Å². The Balaban J connectivity index is 1.87. The summed E-state index contributed by atoms with van der Waals surface area (Å²) in [6.45, 7) is 3.33. The van der Waals surface area contributed by atoms with E-state index >= 15 is 0 Å². The molecule has 2 rings (SSSR count). The van der Waals surface area contributed by atoms with Gasteiger partial charge in [0.05, 0.1) is 18.8 Å². The van der Waals surface area contributed by atoms with Crippen LogP contribution in [0, 0.1) is 18.8 Å². The summed E-state index contributed by atoms with van der Waals surface area (Å²) in [5.74, 6) is 6.68. The summed E-state index contributed by atoms with van der Waals surface area (Å²) in [6, 6.07) is 9.62. The summed E-state index contributed by atoms with van der Waals surface area (Å²) in [6.07, 6.45) is 2.43. The fraction of sp³-hybridized carbons (Fsp3) is 0.312. The minimum absolute atomic E-state index is 0.0898. The molecule has 0 saturated carbocycles. The number of aliphatic hydroxyl groups excluding tert-OH is 1. The average molecular weight is 270 g/mol. The Bertz CT molecular complexity index is 608. The number of hydrogen-bond donors (Lipinski definition) is 1. The van der Waals surface area contributed by atoms with Crippen LogP contribution >= 0.6 is 0 Å². The maximum atomic E-state index is 8.69. The van der Waals surface area contributed by atoms with Crippen molar-refractivity contribution in [2.45, 2.75) is 19.9 Å². The van der Waals surface area contributed by atoms with Crippen LogP contribution < -0.4 is 4.74 Å². The van der Waals surface area contributed by atoms with Crippen molar-refractivity contribution in [3.05, 3.63) is 47.8 Å². The van der Waals surface area contributed by atoms with Gasteiger partial charge >= 0.3 is 0 Å². The number of aryl methyl sites for hydroxylation is 1. The van der Waals surface area contributed by atoms with Crippen LogP contribution in [0.3, 0.4) is 0 Å². The molecule has 2 aromatic rings. The van der Waals surface area contributed by atoms with E-state index < -0.39 is 0 Å². The third kappa shape index (κ3) is 4.45. The van der Waals surface area contributed by atoms with Gasteiger partial charge in [-0.2, -0.15) is 5.10 Å². The second-order valence-electron chi connectivity index (χ2n) is 4.37. The molecule has 104 valence electrons. The molecule has 1 heterocycles. The van der Waals surface area contributed by atoms with Crippen LogP contribution in [0.1, 0.15) is 17.7 Å². The predicted molar refractivity (Wildman–Crippen MR) is 77.5 cm³/mol. The molecule has 0 saturated heterocycles. The van der Waals surface area contributed by atoms with Gasteiger partial charge in [0.1, 0.15) is 12.4 Å². The molecule has 0 radical (unpaired) electrons. The molecule has 0 atom stereocenters. The third-order valence-corrected chi connectivity index (χ3v) is 2.67. The molecule has 20 heavy (non-hydrogen) atoms. The van der Waals surface area contributed by atoms with Gasteiger partial charge in [0.15, 0.2) is 0 Å². The van der Waals surface area contributed by atoms with Crippen LogP contribution in [0.25, 0.3) is 0 Å². The minimum atomic E-state index is 0.0898. The van der Waals surface area contributed by atoms with E-state index in [0.717, 1.165) is 17.0 Å². The summed E-state index contributed by atoms with van der Waals surface area (Å²) >= 11 is 0. The zero-order valence-corrected chi connectivity index (χ0v) is 11.5. The summed E-state index contributed by atoms with van der Waals surface area (Å²) in [5, 5.41) is 13.0. The maximum Gasteiger partial charge on any atom is 0.120 e. The number of benzene rings is 1. The van der Waals surface area contributed by atoms with Gasteiger partial charge in [-0.15, -0.1) is 0 Å². The summed E-state index contributed by atoms with van der Waals surface area (Å²) < 4.78 is 7.55. The predicted octanol–water partition coefficient (Wildman–Crippen LogP) is 2.00. The molecule has 4 nitrogen and oxygen atoms in total. The first-order chi connectivity index (χ1) is 9.78. The van der Waals surface area contributed by atoms with Gasteiger partial charge in [-0.25, -0.2) is 0 Å². The van der Waals surface area contributed by atoms with Gasteiger partial charge in [-0.3, -0.25) is 4.68 Å². The molecule has 0 amide bonds. The van der Waals surface area contributed by atoms with Gasteiger partial charge in [0.2, 0.25) is 0 Å². The maximum absolute atomic E-state index is 8.69. The Morgan fingerprint density at radius 1 is 1.35 bits per heavy atom. The highest BCUT2D eigenvalue weighted by Crippen LogP contribution is 2.12. The van der Waals surface area contributed by atoms with E-state index in [1.807, 2.05) is 48.1 Å². The summed E-state index contributed by atoms with van der Waals surface area (Å²) in [4.78, 5) is 0. The van der Waals surface area contributed by atoms with Gasteiger partial charge in [0, 0.05) is 18.2 Å². The molecule has 0 aliphatic rings. The first-order valence-corrected chi connectivity index (χ1v) is 6.60. The van der Waals surface area contributed by atoms with E-state index in [-0.39, 0.29) is 6.61 Å². The van der Waals surface area contributed by atoms with Crippen molar-refractivity contribution < 1.29 is 9.84 Å². The number of rotatable bonds is 5. The molecule has 0 spiro atoms. The molecule has 4 heteroatoms. The van der Waals surface area contributed by atoms with E-state index in [2.05, 4.69) is 16.9 Å². The first-order valence-electron chi connectivity index (χ1n) is 6.60. The number of nitrogens with zero attached hydrogens (tertiary/aromatic N) is 2. The molecule has 0 unspecified atom stereocenters. The van der Waals surface area contributed by atoms with Crippen molar-refractivity contribution in [2.24, 2.45) is 0 Å². The molecule has 0 bridgehead atoms. The smallest absolute Gasteiger partial charge is 0.120 e. The van der Waals surface area contributed by atoms with Crippen molar-refractivity contribution in [3.8, 4) is 17.6 Å². The van der Waals surface area contributed by atoms with Crippen LogP contribution in [0.2, 0.25) is 0 Å². The Labute approximate surface area is 119 Å². The largest absolute Gasteiger partial charge is 0.492 e. The lowest BCUT2D eigenvalue weighted by Crippen LogP contribution is -2.08. The molecular weight excluding hydrogens is 252 g/mol. The first kappa shape index (κ1) is 14.2. The fourth-order valence-corrected chi connectivity index (χ4v) is 1.73. The van der Waals surface area contributed by atoms with Crippen molar-refractivity contribution in [2.75, 3.05) is 13.2 Å². The van der Waals surface area contributed by atoms with Gasteiger partial charge in [-0.05, 0) is 31.2 Å². The van der Waals surface area contributed by atoms with Gasteiger partial charge < -0.3 is 9.84 Å². The monoisotopic (exact) mass is 270 g/mol. The number of ether oxygens (including phenoxy) is 1. The quantitative estimate of drug-likeness (QED) is 0.845. The van der Waals surface area contributed by atoms with E-state index in [9.17, 15) is 0 Å². The number of aliphatic hydroxyl groups is 1. The van der Waals surface area contributed by atoms with E-state index in [1.54, 1.807) is 0 Å². The van der Waals surface area contributed by atoms with Crippen LogP contribution in [0.4, 0.5) is 0 Å². The molecule has 1 N–H and O–H groups in total. The van der Waals surface area contributed by atoms with E-state index in [0.29, 0.717) is 19.6 Å². The topological polar surface area (TPSA) is 47.3 Å². The lowest BCUT2D eigenvalue weighted by molar-refractivity contribution is 0.291. The van der Waals surface area contributed by atoms with E-state index in [4.69, 9.17) is 9.84 Å². The van der Waals surface area contributed by atoms with Crippen LogP contribution in [-0.2, 0) is 6.54 Å². The van der Waals surface area contributed by atoms with Crippen molar-refractivity contribution in [1.82, 2.24) is 9.78 Å². The Morgan fingerprint density at radius 3 is 3.00 bits per heavy atom. The van der Waals surface area contributed by atoms with Crippen LogP contribution in [0.5, 0.6) is 5.75 Å². The average Bonchev–Trinajstić information content (AvgIpc) is 2.85. The highest BCUT2D eigenvalue weighted by Gasteiger charge is 1.97. The molecule has 0 aliphatic heterocycles. The lowest BCUT2D eigenvalue weighted by Gasteiger charge is -2.06. The highest BCUT2D eigenvalue weighted by atomic mass is 16.5. The zero-order valence-electron chi connectivity index (χ0n) is 11.5. The van der Waals surface area contributed by atoms with Gasteiger partial charge in [-0.1, -0.05) is 17.9 Å². The molecule has 1 aromatic carbocycles. The van der Waals surface area contributed by atoms with E-state index in [1.165, 1.54) is 0 Å². The summed E-state index contributed by atoms with van der Waals surface area (Å²) in [7, 11) is 0. The molecule has 0 aliphatic carbocycles. The van der Waals surface area contributed by atoms with Crippen LogP contribution in [-0.4, -0.2) is 28.1 Å². The second-order valence-corrected chi connectivity index (χ2v) is 4.37. The minimum Gasteiger partial charge on any atom is -0.492 e.